The highest BCUT2D eigenvalue weighted by Gasteiger charge is 2.40. The van der Waals surface area contributed by atoms with Crippen molar-refractivity contribution in [3.63, 3.8) is 0 Å². The number of benzene rings is 1. The minimum absolute atomic E-state index is 0.0315. The van der Waals surface area contributed by atoms with Gasteiger partial charge in [-0.15, -0.1) is 0 Å². The summed E-state index contributed by atoms with van der Waals surface area (Å²) in [5.41, 5.74) is 4.42. The molecule has 1 N–H and O–H groups in total. The van der Waals surface area contributed by atoms with Gasteiger partial charge in [0.25, 0.3) is 0 Å². The minimum Gasteiger partial charge on any atom is -0.469 e. The van der Waals surface area contributed by atoms with Crippen LogP contribution >= 0.6 is 0 Å². The monoisotopic (exact) mass is 382 g/mol. The molecule has 3 aromatic heterocycles. The van der Waals surface area contributed by atoms with Crippen LogP contribution in [0.1, 0.15) is 36.3 Å². The summed E-state index contributed by atoms with van der Waals surface area (Å²) in [6.45, 7) is 0. The molecule has 0 fully saturated rings. The maximum atomic E-state index is 13.4. The van der Waals surface area contributed by atoms with E-state index >= 15 is 0 Å². The number of pyridine rings is 1. The molecule has 1 aliphatic carbocycles. The number of carbonyl (C=O) groups is 1. The summed E-state index contributed by atoms with van der Waals surface area (Å²) in [5.74, 6) is 1.75. The van der Waals surface area contributed by atoms with Gasteiger partial charge >= 0.3 is 0 Å². The molecular formula is C23H18N4O2. The van der Waals surface area contributed by atoms with Gasteiger partial charge in [0.2, 0.25) is 5.95 Å². The van der Waals surface area contributed by atoms with Crippen molar-refractivity contribution in [1.29, 1.82) is 0 Å². The number of allylic oxidation sites excluding steroid dienone is 2. The Kier molecular flexibility index (Phi) is 3.47. The lowest BCUT2D eigenvalue weighted by atomic mass is 9.80. The predicted octanol–water partition coefficient (Wildman–Crippen LogP) is 4.44. The first-order chi connectivity index (χ1) is 14.3. The SMILES string of the molecule is O=C1C[C@H](c2ccco2)CC2=C1[C@H](c1ccccn1)n1c(nc3ccccc31)N2. The van der Waals surface area contributed by atoms with Crippen molar-refractivity contribution in [3.05, 3.63) is 89.8 Å². The normalized spacial score (nSPS) is 21.0. The van der Waals surface area contributed by atoms with Crippen molar-refractivity contribution in [2.75, 3.05) is 5.32 Å². The lowest BCUT2D eigenvalue weighted by molar-refractivity contribution is -0.116. The number of aromatic nitrogens is 3. The number of nitrogens with one attached hydrogen (secondary N) is 1. The number of nitrogens with zero attached hydrogens (tertiary/aromatic N) is 3. The van der Waals surface area contributed by atoms with Gasteiger partial charge in [0.1, 0.15) is 11.8 Å². The topological polar surface area (TPSA) is 73.0 Å². The van der Waals surface area contributed by atoms with Gasteiger partial charge in [-0.05, 0) is 42.8 Å². The summed E-state index contributed by atoms with van der Waals surface area (Å²) in [7, 11) is 0. The number of ketones is 1. The Bertz CT molecular complexity index is 1250. The average molecular weight is 382 g/mol. The number of carbonyl (C=O) groups excluding carboxylic acids is 1. The molecule has 1 aromatic carbocycles. The van der Waals surface area contributed by atoms with E-state index in [9.17, 15) is 4.79 Å². The van der Waals surface area contributed by atoms with Crippen LogP contribution in [0.5, 0.6) is 0 Å². The van der Waals surface area contributed by atoms with Gasteiger partial charge in [0.15, 0.2) is 5.78 Å². The summed E-state index contributed by atoms with van der Waals surface area (Å²) >= 11 is 0. The van der Waals surface area contributed by atoms with Gasteiger partial charge in [0, 0.05) is 29.8 Å². The van der Waals surface area contributed by atoms with Crippen LogP contribution in [0.3, 0.4) is 0 Å². The van der Waals surface area contributed by atoms with Gasteiger partial charge in [-0.3, -0.25) is 14.3 Å². The van der Waals surface area contributed by atoms with Crippen LogP contribution in [0.2, 0.25) is 0 Å². The third kappa shape index (κ3) is 2.45. The summed E-state index contributed by atoms with van der Waals surface area (Å²) < 4.78 is 7.69. The van der Waals surface area contributed by atoms with E-state index in [-0.39, 0.29) is 17.7 Å². The van der Waals surface area contributed by atoms with Crippen LogP contribution in [-0.2, 0) is 4.79 Å². The standard InChI is InChI=1S/C23H18N4O2/c28-19-13-14(20-9-5-11-29-20)12-17-21(19)22(16-7-3-4-10-24-16)27-18-8-2-1-6-15(18)25-23(27)26-17/h1-11,14,22H,12-13H2,(H,25,26)/t14-,22+/m1/s1. The fourth-order valence-corrected chi connectivity index (χ4v) is 4.57. The molecule has 0 saturated carbocycles. The molecule has 4 heterocycles. The Morgan fingerprint density at radius 3 is 2.76 bits per heavy atom. The lowest BCUT2D eigenvalue weighted by Gasteiger charge is -2.35. The number of anilines is 1. The van der Waals surface area contributed by atoms with E-state index in [4.69, 9.17) is 9.40 Å². The van der Waals surface area contributed by atoms with Gasteiger partial charge in [-0.2, -0.15) is 0 Å². The molecule has 6 heteroatoms. The van der Waals surface area contributed by atoms with E-state index in [0.717, 1.165) is 39.7 Å². The van der Waals surface area contributed by atoms with Crippen LogP contribution in [-0.4, -0.2) is 20.3 Å². The first kappa shape index (κ1) is 16.3. The van der Waals surface area contributed by atoms with Gasteiger partial charge < -0.3 is 9.73 Å². The molecule has 0 bridgehead atoms. The number of hydrogen-bond donors (Lipinski definition) is 1. The third-order valence-electron chi connectivity index (χ3n) is 5.81. The van der Waals surface area contributed by atoms with Gasteiger partial charge in [-0.25, -0.2) is 4.98 Å². The van der Waals surface area contributed by atoms with Crippen molar-refractivity contribution in [2.24, 2.45) is 0 Å². The van der Waals surface area contributed by atoms with E-state index in [1.54, 1.807) is 12.5 Å². The molecule has 0 amide bonds. The van der Waals surface area contributed by atoms with Gasteiger partial charge in [0.05, 0.1) is 23.0 Å². The fraction of sp³-hybridized carbons (Fsp3) is 0.174. The highest BCUT2D eigenvalue weighted by Crippen LogP contribution is 2.45. The fourth-order valence-electron chi connectivity index (χ4n) is 4.57. The molecule has 2 aliphatic rings. The van der Waals surface area contributed by atoms with E-state index in [1.807, 2.05) is 54.6 Å². The molecule has 0 spiro atoms. The molecule has 1 aliphatic heterocycles. The molecule has 4 aromatic rings. The summed E-state index contributed by atoms with van der Waals surface area (Å²) in [6, 6.07) is 17.3. The number of rotatable bonds is 2. The van der Waals surface area contributed by atoms with Crippen molar-refractivity contribution in [3.8, 4) is 0 Å². The Labute approximate surface area is 166 Å². The molecular weight excluding hydrogens is 364 g/mol. The highest BCUT2D eigenvalue weighted by molar-refractivity contribution is 6.00. The van der Waals surface area contributed by atoms with Crippen LogP contribution in [0.4, 0.5) is 5.95 Å². The number of furan rings is 1. The van der Waals surface area contributed by atoms with Crippen molar-refractivity contribution in [1.82, 2.24) is 14.5 Å². The second kappa shape index (κ2) is 6.17. The Morgan fingerprint density at radius 2 is 1.93 bits per heavy atom. The second-order valence-corrected chi connectivity index (χ2v) is 7.51. The summed E-state index contributed by atoms with van der Waals surface area (Å²) in [6.07, 6.45) is 4.57. The van der Waals surface area contributed by atoms with E-state index in [0.29, 0.717) is 12.8 Å². The van der Waals surface area contributed by atoms with E-state index in [2.05, 4.69) is 14.9 Å². The number of para-hydroxylation sites is 2. The number of Topliss-reactive ketones (excluding diaryl/α,β-unsaturated/α-hetero) is 1. The average Bonchev–Trinajstić information content (AvgIpc) is 3.40. The third-order valence-corrected chi connectivity index (χ3v) is 5.81. The van der Waals surface area contributed by atoms with Crippen molar-refractivity contribution < 1.29 is 9.21 Å². The largest absolute Gasteiger partial charge is 0.469 e. The Hall–Kier alpha value is -3.67. The van der Waals surface area contributed by atoms with Crippen molar-refractivity contribution in [2.45, 2.75) is 24.8 Å². The van der Waals surface area contributed by atoms with Gasteiger partial charge in [-0.1, -0.05) is 18.2 Å². The molecule has 0 saturated heterocycles. The highest BCUT2D eigenvalue weighted by atomic mass is 16.3. The maximum absolute atomic E-state index is 13.4. The number of imidazole rings is 1. The van der Waals surface area contributed by atoms with Crippen LogP contribution in [0.15, 0.2) is 82.7 Å². The molecule has 0 unspecified atom stereocenters. The zero-order valence-electron chi connectivity index (χ0n) is 15.6. The Morgan fingerprint density at radius 1 is 1.03 bits per heavy atom. The van der Waals surface area contributed by atoms with Crippen LogP contribution in [0.25, 0.3) is 11.0 Å². The zero-order chi connectivity index (χ0) is 19.4. The van der Waals surface area contributed by atoms with E-state index in [1.165, 1.54) is 0 Å². The smallest absolute Gasteiger partial charge is 0.209 e. The first-order valence-electron chi connectivity index (χ1n) is 9.74. The van der Waals surface area contributed by atoms with Crippen LogP contribution in [0, 0.1) is 0 Å². The number of fused-ring (bicyclic) bond motifs is 3. The molecule has 6 nitrogen and oxygen atoms in total. The quantitative estimate of drug-likeness (QED) is 0.555. The van der Waals surface area contributed by atoms with Crippen LogP contribution < -0.4 is 5.32 Å². The molecule has 142 valence electrons. The second-order valence-electron chi connectivity index (χ2n) is 7.51. The van der Waals surface area contributed by atoms with Crippen molar-refractivity contribution >= 4 is 22.8 Å². The number of hydrogen-bond acceptors (Lipinski definition) is 5. The molecule has 0 radical (unpaired) electrons. The lowest BCUT2D eigenvalue weighted by Crippen LogP contribution is -2.33. The predicted molar refractivity (Wildman–Crippen MR) is 108 cm³/mol. The summed E-state index contributed by atoms with van der Waals surface area (Å²) in [5, 5.41) is 3.45. The minimum atomic E-state index is -0.292. The first-order valence-corrected chi connectivity index (χ1v) is 9.74. The molecule has 29 heavy (non-hydrogen) atoms. The Balaban J connectivity index is 1.56. The summed E-state index contributed by atoms with van der Waals surface area (Å²) in [4.78, 5) is 22.8. The zero-order valence-corrected chi connectivity index (χ0v) is 15.6. The molecule has 2 atom stereocenters. The van der Waals surface area contributed by atoms with E-state index < -0.39 is 0 Å². The maximum Gasteiger partial charge on any atom is 0.209 e. The molecule has 6 rings (SSSR count).